The average Bonchev–Trinajstić information content (AvgIpc) is 2.70. The summed E-state index contributed by atoms with van der Waals surface area (Å²) in [7, 11) is 1.43. The van der Waals surface area contributed by atoms with Crippen molar-refractivity contribution in [2.45, 2.75) is 26.3 Å². The van der Waals surface area contributed by atoms with Gasteiger partial charge in [0.1, 0.15) is 6.04 Å². The van der Waals surface area contributed by atoms with Crippen LogP contribution in [0.2, 0.25) is 0 Å². The van der Waals surface area contributed by atoms with Gasteiger partial charge in [-0.2, -0.15) is 0 Å². The van der Waals surface area contributed by atoms with Gasteiger partial charge in [0.15, 0.2) is 0 Å². The van der Waals surface area contributed by atoms with Crippen LogP contribution in [0, 0.1) is 11.8 Å². The van der Waals surface area contributed by atoms with E-state index < -0.39 is 0 Å². The van der Waals surface area contributed by atoms with Gasteiger partial charge in [-0.3, -0.25) is 4.79 Å². The molecular formula is C11H21NO3. The Morgan fingerprint density at radius 3 is 2.80 bits per heavy atom. The first kappa shape index (κ1) is 12.5. The normalized spacial score (nSPS) is 23.1. The van der Waals surface area contributed by atoms with Crippen LogP contribution in [0.3, 0.4) is 0 Å². The van der Waals surface area contributed by atoms with Crippen molar-refractivity contribution in [1.82, 2.24) is 5.32 Å². The molecule has 1 N–H and O–H groups in total. The summed E-state index contributed by atoms with van der Waals surface area (Å²) in [5.41, 5.74) is 0. The van der Waals surface area contributed by atoms with Gasteiger partial charge in [0, 0.05) is 13.2 Å². The number of nitrogens with one attached hydrogen (secondary N) is 1. The zero-order chi connectivity index (χ0) is 11.3. The fourth-order valence-corrected chi connectivity index (χ4v) is 1.76. The second kappa shape index (κ2) is 6.08. The van der Waals surface area contributed by atoms with Gasteiger partial charge < -0.3 is 14.8 Å². The van der Waals surface area contributed by atoms with Crippen LogP contribution in [-0.4, -0.2) is 38.9 Å². The minimum absolute atomic E-state index is 0.177. The van der Waals surface area contributed by atoms with E-state index in [9.17, 15) is 4.79 Å². The summed E-state index contributed by atoms with van der Waals surface area (Å²) < 4.78 is 10.0. The molecule has 0 aromatic carbocycles. The third kappa shape index (κ3) is 3.80. The van der Waals surface area contributed by atoms with E-state index in [-0.39, 0.29) is 17.9 Å². The number of methoxy groups -OCH3 is 1. The molecule has 1 aliphatic rings. The van der Waals surface area contributed by atoms with Crippen LogP contribution in [0.4, 0.5) is 0 Å². The van der Waals surface area contributed by atoms with E-state index in [4.69, 9.17) is 9.47 Å². The molecule has 4 heteroatoms. The fourth-order valence-electron chi connectivity index (χ4n) is 1.76. The highest BCUT2D eigenvalue weighted by molar-refractivity contribution is 5.75. The summed E-state index contributed by atoms with van der Waals surface area (Å²) in [5.74, 6) is 0.611. The first-order valence-electron chi connectivity index (χ1n) is 5.54. The molecule has 1 aliphatic heterocycles. The Bertz CT molecular complexity index is 200. The van der Waals surface area contributed by atoms with Crippen molar-refractivity contribution in [2.24, 2.45) is 11.8 Å². The standard InChI is InChI=1S/C11H21NO3/c1-8(2)10(11(13)14-3)12-6-9-4-5-15-7-9/h8-10,12H,4-7H2,1-3H3/t9?,10-/m0/s1. The third-order valence-corrected chi connectivity index (χ3v) is 2.77. The Kier molecular flexibility index (Phi) is 5.05. The van der Waals surface area contributed by atoms with Gasteiger partial charge in [0.2, 0.25) is 0 Å². The monoisotopic (exact) mass is 215 g/mol. The first-order valence-corrected chi connectivity index (χ1v) is 5.54. The Hall–Kier alpha value is -0.610. The summed E-state index contributed by atoms with van der Waals surface area (Å²) >= 11 is 0. The van der Waals surface area contributed by atoms with Gasteiger partial charge in [0.05, 0.1) is 13.7 Å². The summed E-state index contributed by atoms with van der Waals surface area (Å²) in [6.07, 6.45) is 1.08. The highest BCUT2D eigenvalue weighted by atomic mass is 16.5. The SMILES string of the molecule is COC(=O)[C@@H](NCC1CCOC1)C(C)C. The Balaban J connectivity index is 2.33. The van der Waals surface area contributed by atoms with Gasteiger partial charge in [0.25, 0.3) is 0 Å². The number of ether oxygens (including phenoxy) is 2. The van der Waals surface area contributed by atoms with E-state index in [1.54, 1.807) is 0 Å². The van der Waals surface area contributed by atoms with E-state index in [1.165, 1.54) is 7.11 Å². The second-order valence-electron chi connectivity index (χ2n) is 4.38. The molecule has 0 radical (unpaired) electrons. The number of carbonyl (C=O) groups is 1. The molecule has 0 aliphatic carbocycles. The van der Waals surface area contributed by atoms with Gasteiger partial charge in [-0.15, -0.1) is 0 Å². The van der Waals surface area contributed by atoms with Crippen molar-refractivity contribution >= 4 is 5.97 Å². The highest BCUT2D eigenvalue weighted by Gasteiger charge is 2.24. The van der Waals surface area contributed by atoms with Crippen molar-refractivity contribution in [3.63, 3.8) is 0 Å². The van der Waals surface area contributed by atoms with Crippen LogP contribution in [-0.2, 0) is 14.3 Å². The Morgan fingerprint density at radius 2 is 2.33 bits per heavy atom. The molecular weight excluding hydrogens is 194 g/mol. The van der Waals surface area contributed by atoms with E-state index in [1.807, 2.05) is 13.8 Å². The van der Waals surface area contributed by atoms with Crippen molar-refractivity contribution < 1.29 is 14.3 Å². The Labute approximate surface area is 91.3 Å². The third-order valence-electron chi connectivity index (χ3n) is 2.77. The largest absolute Gasteiger partial charge is 0.468 e. The molecule has 0 spiro atoms. The molecule has 0 saturated carbocycles. The molecule has 2 atom stereocenters. The van der Waals surface area contributed by atoms with Crippen molar-refractivity contribution in [1.29, 1.82) is 0 Å². The molecule has 88 valence electrons. The molecule has 0 bridgehead atoms. The van der Waals surface area contributed by atoms with Crippen molar-refractivity contribution in [3.05, 3.63) is 0 Å². The van der Waals surface area contributed by atoms with Crippen LogP contribution in [0.5, 0.6) is 0 Å². The second-order valence-corrected chi connectivity index (χ2v) is 4.38. The number of rotatable bonds is 5. The maximum Gasteiger partial charge on any atom is 0.323 e. The number of hydrogen-bond acceptors (Lipinski definition) is 4. The van der Waals surface area contributed by atoms with Crippen molar-refractivity contribution in [3.8, 4) is 0 Å². The van der Waals surface area contributed by atoms with Crippen molar-refractivity contribution in [2.75, 3.05) is 26.9 Å². The highest BCUT2D eigenvalue weighted by Crippen LogP contribution is 2.12. The minimum atomic E-state index is -0.199. The quantitative estimate of drug-likeness (QED) is 0.689. The van der Waals surface area contributed by atoms with Gasteiger partial charge in [-0.1, -0.05) is 13.8 Å². The Morgan fingerprint density at radius 1 is 1.60 bits per heavy atom. The zero-order valence-corrected chi connectivity index (χ0v) is 9.79. The van der Waals surface area contributed by atoms with Gasteiger partial charge in [-0.25, -0.2) is 0 Å². The predicted octanol–water partition coefficient (Wildman–Crippen LogP) is 0.810. The van der Waals surface area contributed by atoms with Crippen LogP contribution in [0.25, 0.3) is 0 Å². The first-order chi connectivity index (χ1) is 7.15. The molecule has 4 nitrogen and oxygen atoms in total. The summed E-state index contributed by atoms with van der Waals surface area (Å²) in [6.45, 7) is 6.51. The van der Waals surface area contributed by atoms with E-state index >= 15 is 0 Å². The average molecular weight is 215 g/mol. The molecule has 0 amide bonds. The topological polar surface area (TPSA) is 47.6 Å². The molecule has 1 heterocycles. The number of hydrogen-bond donors (Lipinski definition) is 1. The molecule has 15 heavy (non-hydrogen) atoms. The smallest absolute Gasteiger partial charge is 0.323 e. The molecule has 1 saturated heterocycles. The van der Waals surface area contributed by atoms with Gasteiger partial charge in [-0.05, 0) is 18.3 Å². The van der Waals surface area contributed by atoms with Gasteiger partial charge >= 0.3 is 5.97 Å². The molecule has 1 unspecified atom stereocenters. The molecule has 0 aromatic heterocycles. The summed E-state index contributed by atoms with van der Waals surface area (Å²) in [5, 5.41) is 3.26. The van der Waals surface area contributed by atoms with E-state index in [0.29, 0.717) is 5.92 Å². The lowest BCUT2D eigenvalue weighted by Crippen LogP contribution is -2.43. The molecule has 0 aromatic rings. The lowest BCUT2D eigenvalue weighted by atomic mass is 10.0. The maximum absolute atomic E-state index is 11.4. The molecule has 1 rings (SSSR count). The van der Waals surface area contributed by atoms with Crippen LogP contribution in [0.1, 0.15) is 20.3 Å². The van der Waals surface area contributed by atoms with Crippen LogP contribution in [0.15, 0.2) is 0 Å². The summed E-state index contributed by atoms with van der Waals surface area (Å²) in [4.78, 5) is 11.4. The number of carbonyl (C=O) groups excluding carboxylic acids is 1. The minimum Gasteiger partial charge on any atom is -0.468 e. The molecule has 1 fully saturated rings. The number of esters is 1. The van der Waals surface area contributed by atoms with Crippen LogP contribution < -0.4 is 5.32 Å². The predicted molar refractivity (Wildman–Crippen MR) is 57.6 cm³/mol. The van der Waals surface area contributed by atoms with E-state index in [0.717, 1.165) is 26.2 Å². The zero-order valence-electron chi connectivity index (χ0n) is 9.79. The fraction of sp³-hybridized carbons (Fsp3) is 0.909. The summed E-state index contributed by atoms with van der Waals surface area (Å²) in [6, 6.07) is -0.199. The maximum atomic E-state index is 11.4. The lowest BCUT2D eigenvalue weighted by molar-refractivity contribution is -0.144. The van der Waals surface area contributed by atoms with Crippen LogP contribution >= 0.6 is 0 Å². The van der Waals surface area contributed by atoms with E-state index in [2.05, 4.69) is 5.32 Å². The lowest BCUT2D eigenvalue weighted by Gasteiger charge is -2.21.